The molecule has 2 nitrogen and oxygen atoms in total. The third-order valence-corrected chi connectivity index (χ3v) is 3.74. The van der Waals surface area contributed by atoms with E-state index in [4.69, 9.17) is 5.11 Å². The molecule has 0 spiro atoms. The first-order valence-electron chi connectivity index (χ1n) is 5.53. The summed E-state index contributed by atoms with van der Waals surface area (Å²) in [5, 5.41) is 8.73. The van der Waals surface area contributed by atoms with Gasteiger partial charge >= 0.3 is 5.97 Å². The summed E-state index contributed by atoms with van der Waals surface area (Å²) < 4.78 is 0. The minimum absolute atomic E-state index is 0.272. The number of carboxylic acids is 1. The Balaban J connectivity index is 2.48. The van der Waals surface area contributed by atoms with Crippen LogP contribution in [0.15, 0.2) is 24.3 Å². The summed E-state index contributed by atoms with van der Waals surface area (Å²) in [6, 6.07) is 8.25. The zero-order valence-electron chi connectivity index (χ0n) is 9.77. The molecule has 0 saturated heterocycles. The number of aliphatic carboxylic acids is 1. The Bertz CT molecular complexity index is 332. The third-order valence-electron chi connectivity index (χ3n) is 2.40. The number of hydrogen-bond acceptors (Lipinski definition) is 2. The Morgan fingerprint density at radius 3 is 2.50 bits per heavy atom. The summed E-state index contributed by atoms with van der Waals surface area (Å²) >= 11 is 1.51. The molecule has 1 N–H and O–H groups in total. The van der Waals surface area contributed by atoms with Crippen LogP contribution < -0.4 is 0 Å². The maximum Gasteiger partial charge on any atom is 0.316 e. The van der Waals surface area contributed by atoms with Crippen molar-refractivity contribution in [3.63, 3.8) is 0 Å². The van der Waals surface area contributed by atoms with Crippen molar-refractivity contribution in [3.05, 3.63) is 35.4 Å². The van der Waals surface area contributed by atoms with Crippen molar-refractivity contribution in [1.82, 2.24) is 0 Å². The van der Waals surface area contributed by atoms with Gasteiger partial charge in [-0.3, -0.25) is 4.79 Å². The van der Waals surface area contributed by atoms with Gasteiger partial charge in [-0.1, -0.05) is 43.2 Å². The van der Waals surface area contributed by atoms with Gasteiger partial charge in [0.25, 0.3) is 0 Å². The molecule has 16 heavy (non-hydrogen) atoms. The summed E-state index contributed by atoms with van der Waals surface area (Å²) in [5.74, 6) is 0.0796. The first-order chi connectivity index (χ1) is 7.63. The van der Waals surface area contributed by atoms with E-state index >= 15 is 0 Å². The van der Waals surface area contributed by atoms with Crippen molar-refractivity contribution in [2.24, 2.45) is 0 Å². The number of thioether (sulfide) groups is 1. The molecule has 1 unspecified atom stereocenters. The molecule has 0 saturated carbocycles. The Morgan fingerprint density at radius 2 is 2.00 bits per heavy atom. The van der Waals surface area contributed by atoms with Gasteiger partial charge in [-0.15, -0.1) is 11.8 Å². The normalized spacial score (nSPS) is 12.4. The second-order valence-electron chi connectivity index (χ2n) is 3.91. The van der Waals surface area contributed by atoms with Gasteiger partial charge in [0, 0.05) is 5.75 Å². The first-order valence-corrected chi connectivity index (χ1v) is 6.58. The predicted molar refractivity (Wildman–Crippen MR) is 68.8 cm³/mol. The van der Waals surface area contributed by atoms with Crippen LogP contribution >= 0.6 is 11.8 Å². The molecule has 88 valence electrons. The van der Waals surface area contributed by atoms with E-state index in [1.54, 1.807) is 0 Å². The zero-order valence-corrected chi connectivity index (χ0v) is 10.6. The van der Waals surface area contributed by atoms with E-state index in [0.29, 0.717) is 0 Å². The van der Waals surface area contributed by atoms with Crippen molar-refractivity contribution in [2.45, 2.75) is 37.7 Å². The lowest BCUT2D eigenvalue weighted by atomic mass is 10.2. The fraction of sp³-hybridized carbons (Fsp3) is 0.462. The molecule has 0 aliphatic rings. The van der Waals surface area contributed by atoms with Crippen molar-refractivity contribution in [1.29, 1.82) is 0 Å². The lowest BCUT2D eigenvalue weighted by molar-refractivity contribution is -0.136. The SMILES string of the molecule is CCCC(SCc1ccc(C)cc1)C(=O)O. The lowest BCUT2D eigenvalue weighted by Crippen LogP contribution is -2.16. The maximum absolute atomic E-state index is 10.9. The summed E-state index contributed by atoms with van der Waals surface area (Å²) in [4.78, 5) is 10.9. The van der Waals surface area contributed by atoms with Crippen LogP contribution in [0.2, 0.25) is 0 Å². The van der Waals surface area contributed by atoms with Gasteiger partial charge in [0.2, 0.25) is 0 Å². The van der Waals surface area contributed by atoms with E-state index in [1.165, 1.54) is 22.9 Å². The molecule has 1 aromatic carbocycles. The standard InChI is InChI=1S/C13H18O2S/c1-3-4-12(13(14)15)16-9-11-7-5-10(2)6-8-11/h5-8,12H,3-4,9H2,1-2H3,(H,14,15). The highest BCUT2D eigenvalue weighted by atomic mass is 32.2. The molecule has 1 rings (SSSR count). The average molecular weight is 238 g/mol. The van der Waals surface area contributed by atoms with E-state index in [2.05, 4.69) is 24.3 Å². The van der Waals surface area contributed by atoms with Crippen molar-refractivity contribution >= 4 is 17.7 Å². The van der Waals surface area contributed by atoms with Crippen LogP contribution in [0.25, 0.3) is 0 Å². The van der Waals surface area contributed by atoms with Crippen LogP contribution in [0.4, 0.5) is 0 Å². The minimum atomic E-state index is -0.695. The quantitative estimate of drug-likeness (QED) is 0.824. The van der Waals surface area contributed by atoms with Gasteiger partial charge in [0.15, 0.2) is 0 Å². The number of hydrogen-bond donors (Lipinski definition) is 1. The van der Waals surface area contributed by atoms with E-state index in [-0.39, 0.29) is 5.25 Å². The molecule has 0 aliphatic carbocycles. The van der Waals surface area contributed by atoms with E-state index in [0.717, 1.165) is 18.6 Å². The summed E-state index contributed by atoms with van der Waals surface area (Å²) in [6.07, 6.45) is 1.66. The Labute approximate surface area is 101 Å². The number of carboxylic acid groups (broad SMARTS) is 1. The second kappa shape index (κ2) is 6.59. The van der Waals surface area contributed by atoms with Gasteiger partial charge in [0.1, 0.15) is 5.25 Å². The van der Waals surface area contributed by atoms with Crippen LogP contribution in [-0.4, -0.2) is 16.3 Å². The molecular weight excluding hydrogens is 220 g/mol. The largest absolute Gasteiger partial charge is 0.480 e. The van der Waals surface area contributed by atoms with Crippen molar-refractivity contribution in [3.8, 4) is 0 Å². The minimum Gasteiger partial charge on any atom is -0.480 e. The number of benzene rings is 1. The Morgan fingerprint density at radius 1 is 1.38 bits per heavy atom. The van der Waals surface area contributed by atoms with Crippen LogP contribution in [-0.2, 0) is 10.5 Å². The predicted octanol–water partition coefficient (Wildman–Crippen LogP) is 3.48. The van der Waals surface area contributed by atoms with Crippen LogP contribution in [0.1, 0.15) is 30.9 Å². The highest BCUT2D eigenvalue weighted by molar-refractivity contribution is 7.99. The van der Waals surface area contributed by atoms with E-state index in [1.807, 2.05) is 13.8 Å². The number of rotatable bonds is 6. The van der Waals surface area contributed by atoms with Gasteiger partial charge in [-0.2, -0.15) is 0 Å². The van der Waals surface area contributed by atoms with Gasteiger partial charge in [-0.05, 0) is 18.9 Å². The molecule has 0 fully saturated rings. The highest BCUT2D eigenvalue weighted by Gasteiger charge is 2.16. The molecule has 3 heteroatoms. The second-order valence-corrected chi connectivity index (χ2v) is 5.10. The molecule has 0 heterocycles. The monoisotopic (exact) mass is 238 g/mol. The topological polar surface area (TPSA) is 37.3 Å². The van der Waals surface area contributed by atoms with Crippen LogP contribution in [0.5, 0.6) is 0 Å². The molecular formula is C13H18O2S. The number of carbonyl (C=O) groups is 1. The smallest absolute Gasteiger partial charge is 0.316 e. The van der Waals surface area contributed by atoms with E-state index in [9.17, 15) is 4.79 Å². The van der Waals surface area contributed by atoms with Gasteiger partial charge in [0.05, 0.1) is 0 Å². The Hall–Kier alpha value is -0.960. The summed E-state index contributed by atoms with van der Waals surface area (Å²) in [5.41, 5.74) is 2.43. The average Bonchev–Trinajstić information content (AvgIpc) is 2.26. The lowest BCUT2D eigenvalue weighted by Gasteiger charge is -2.10. The molecule has 0 amide bonds. The molecule has 0 aliphatic heterocycles. The fourth-order valence-electron chi connectivity index (χ4n) is 1.42. The van der Waals surface area contributed by atoms with Crippen molar-refractivity contribution in [2.75, 3.05) is 0 Å². The van der Waals surface area contributed by atoms with E-state index < -0.39 is 5.97 Å². The fourth-order valence-corrected chi connectivity index (χ4v) is 2.55. The highest BCUT2D eigenvalue weighted by Crippen LogP contribution is 2.21. The maximum atomic E-state index is 10.9. The van der Waals surface area contributed by atoms with Gasteiger partial charge < -0.3 is 5.11 Å². The number of aryl methyl sites for hydroxylation is 1. The first kappa shape index (κ1) is 13.1. The summed E-state index contributed by atoms with van der Waals surface area (Å²) in [6.45, 7) is 4.07. The summed E-state index contributed by atoms with van der Waals surface area (Å²) in [7, 11) is 0. The molecule has 0 radical (unpaired) electrons. The van der Waals surface area contributed by atoms with Crippen molar-refractivity contribution < 1.29 is 9.90 Å². The molecule has 0 bridgehead atoms. The molecule has 1 aromatic rings. The Kier molecular flexibility index (Phi) is 5.39. The zero-order chi connectivity index (χ0) is 12.0. The van der Waals surface area contributed by atoms with Crippen LogP contribution in [0.3, 0.4) is 0 Å². The molecule has 0 aromatic heterocycles. The van der Waals surface area contributed by atoms with Crippen LogP contribution in [0, 0.1) is 6.92 Å². The van der Waals surface area contributed by atoms with Gasteiger partial charge in [-0.25, -0.2) is 0 Å². The third kappa shape index (κ3) is 4.27. The molecule has 1 atom stereocenters.